The minimum atomic E-state index is 0.0627. The molecule has 128 valence electrons. The van der Waals surface area contributed by atoms with E-state index in [2.05, 4.69) is 32.3 Å². The van der Waals surface area contributed by atoms with Crippen LogP contribution in [0.3, 0.4) is 0 Å². The molecule has 0 saturated carbocycles. The zero-order valence-electron chi connectivity index (χ0n) is 14.1. The van der Waals surface area contributed by atoms with E-state index in [1.54, 1.807) is 0 Å². The molecule has 0 spiro atoms. The van der Waals surface area contributed by atoms with Crippen LogP contribution in [0.4, 0.5) is 0 Å². The zero-order valence-corrected chi connectivity index (χ0v) is 14.1. The van der Waals surface area contributed by atoms with Gasteiger partial charge in [-0.05, 0) is 18.4 Å². The van der Waals surface area contributed by atoms with Gasteiger partial charge in [0.25, 0.3) is 0 Å². The highest BCUT2D eigenvalue weighted by molar-refractivity contribution is 5.77. The SMILES string of the molecule is CC1CCN(C(=O)CCC#N)CC1c1ncc2cnc3[nH]ccc3n12. The van der Waals surface area contributed by atoms with Crippen LogP contribution < -0.4 is 0 Å². The van der Waals surface area contributed by atoms with Gasteiger partial charge in [-0.3, -0.25) is 9.20 Å². The number of nitrogens with one attached hydrogen (secondary N) is 1. The molecule has 1 fully saturated rings. The topological polar surface area (TPSA) is 90.1 Å². The Labute approximate surface area is 145 Å². The number of carbonyl (C=O) groups excluding carboxylic acids is 1. The number of piperidine rings is 1. The Morgan fingerprint density at radius 3 is 3.12 bits per heavy atom. The number of nitriles is 1. The molecular weight excluding hydrogens is 316 g/mol. The summed E-state index contributed by atoms with van der Waals surface area (Å²) >= 11 is 0. The minimum Gasteiger partial charge on any atom is -0.345 e. The molecule has 0 bridgehead atoms. The third-order valence-electron chi connectivity index (χ3n) is 5.18. The number of aromatic amines is 1. The van der Waals surface area contributed by atoms with Gasteiger partial charge in [0, 0.05) is 38.0 Å². The van der Waals surface area contributed by atoms with Crippen LogP contribution in [0.5, 0.6) is 0 Å². The molecule has 1 amide bonds. The molecule has 4 heterocycles. The standard InChI is InChI=1S/C18H20N6O/c1-12-5-8-23(16(25)3-2-6-19)11-14(12)18-22-10-13-9-21-17-15(24(13)18)4-7-20-17/h4,7,9-10,12,14,20H,2-3,5,8,11H2,1H3. The Kier molecular flexibility index (Phi) is 3.88. The van der Waals surface area contributed by atoms with E-state index in [-0.39, 0.29) is 18.2 Å². The third-order valence-corrected chi connectivity index (χ3v) is 5.18. The number of hydrogen-bond acceptors (Lipinski definition) is 4. The lowest BCUT2D eigenvalue weighted by atomic mass is 9.86. The normalized spacial score (nSPS) is 20.9. The maximum Gasteiger partial charge on any atom is 0.223 e. The largest absolute Gasteiger partial charge is 0.345 e. The Morgan fingerprint density at radius 1 is 1.44 bits per heavy atom. The van der Waals surface area contributed by atoms with Crippen molar-refractivity contribution in [2.24, 2.45) is 5.92 Å². The van der Waals surface area contributed by atoms with Gasteiger partial charge in [-0.1, -0.05) is 6.92 Å². The van der Waals surface area contributed by atoms with Crippen molar-refractivity contribution < 1.29 is 4.79 Å². The van der Waals surface area contributed by atoms with Crippen molar-refractivity contribution in [2.75, 3.05) is 13.1 Å². The van der Waals surface area contributed by atoms with Crippen LogP contribution >= 0.6 is 0 Å². The van der Waals surface area contributed by atoms with E-state index in [1.807, 2.05) is 29.6 Å². The van der Waals surface area contributed by atoms with Crippen LogP contribution in [0.1, 0.15) is 37.9 Å². The van der Waals surface area contributed by atoms with Crippen molar-refractivity contribution in [3.8, 4) is 6.07 Å². The summed E-state index contributed by atoms with van der Waals surface area (Å²) < 4.78 is 2.14. The first-order valence-corrected chi connectivity index (χ1v) is 8.63. The van der Waals surface area contributed by atoms with Crippen molar-refractivity contribution in [1.82, 2.24) is 24.3 Å². The van der Waals surface area contributed by atoms with Crippen LogP contribution in [-0.4, -0.2) is 43.2 Å². The molecule has 0 aromatic carbocycles. The lowest BCUT2D eigenvalue weighted by Crippen LogP contribution is -2.42. The summed E-state index contributed by atoms with van der Waals surface area (Å²) in [7, 11) is 0. The molecule has 0 aliphatic carbocycles. The fourth-order valence-electron chi connectivity index (χ4n) is 3.71. The van der Waals surface area contributed by atoms with Gasteiger partial charge in [-0.25, -0.2) is 9.97 Å². The average molecular weight is 336 g/mol. The maximum absolute atomic E-state index is 12.3. The number of fused-ring (bicyclic) bond motifs is 3. The molecular formula is C18H20N6O. The van der Waals surface area contributed by atoms with Gasteiger partial charge in [0.1, 0.15) is 5.82 Å². The molecule has 0 radical (unpaired) electrons. The van der Waals surface area contributed by atoms with Crippen LogP contribution in [0.15, 0.2) is 24.7 Å². The van der Waals surface area contributed by atoms with E-state index in [1.165, 1.54) is 0 Å². The number of nitrogens with zero attached hydrogens (tertiary/aromatic N) is 5. The van der Waals surface area contributed by atoms with Crippen LogP contribution in [0.2, 0.25) is 0 Å². The highest BCUT2D eigenvalue weighted by atomic mass is 16.2. The van der Waals surface area contributed by atoms with Crippen LogP contribution in [0.25, 0.3) is 16.7 Å². The number of hydrogen-bond donors (Lipinski definition) is 1. The van der Waals surface area contributed by atoms with Gasteiger partial charge in [-0.2, -0.15) is 5.26 Å². The molecule has 7 nitrogen and oxygen atoms in total. The van der Waals surface area contributed by atoms with Gasteiger partial charge < -0.3 is 9.88 Å². The molecule has 2 atom stereocenters. The van der Waals surface area contributed by atoms with E-state index < -0.39 is 0 Å². The van der Waals surface area contributed by atoms with E-state index >= 15 is 0 Å². The summed E-state index contributed by atoms with van der Waals surface area (Å²) in [5, 5.41) is 8.71. The van der Waals surface area contributed by atoms with E-state index in [0.29, 0.717) is 18.9 Å². The van der Waals surface area contributed by atoms with Gasteiger partial charge in [0.05, 0.1) is 29.5 Å². The molecule has 1 N–H and O–H groups in total. The molecule has 1 aliphatic rings. The highest BCUT2D eigenvalue weighted by Crippen LogP contribution is 2.33. The molecule has 2 unspecified atom stereocenters. The lowest BCUT2D eigenvalue weighted by molar-refractivity contribution is -0.132. The Bertz CT molecular complexity index is 965. The first-order chi connectivity index (χ1) is 12.2. The predicted molar refractivity (Wildman–Crippen MR) is 92.8 cm³/mol. The van der Waals surface area contributed by atoms with Gasteiger partial charge in [0.2, 0.25) is 5.91 Å². The minimum absolute atomic E-state index is 0.0627. The predicted octanol–water partition coefficient (Wildman–Crippen LogP) is 2.47. The molecule has 4 rings (SSSR count). The van der Waals surface area contributed by atoms with E-state index in [4.69, 9.17) is 5.26 Å². The number of imidazole rings is 1. The summed E-state index contributed by atoms with van der Waals surface area (Å²) in [4.78, 5) is 26.5. The summed E-state index contributed by atoms with van der Waals surface area (Å²) in [5.74, 6) is 1.65. The molecule has 25 heavy (non-hydrogen) atoms. The highest BCUT2D eigenvalue weighted by Gasteiger charge is 2.32. The Morgan fingerprint density at radius 2 is 2.28 bits per heavy atom. The molecule has 7 heteroatoms. The number of aromatic nitrogens is 4. The lowest BCUT2D eigenvalue weighted by Gasteiger charge is -2.36. The fourth-order valence-corrected chi connectivity index (χ4v) is 3.71. The first kappa shape index (κ1) is 15.6. The number of H-pyrrole nitrogens is 1. The van der Waals surface area contributed by atoms with Gasteiger partial charge >= 0.3 is 0 Å². The van der Waals surface area contributed by atoms with Crippen LogP contribution in [0, 0.1) is 17.2 Å². The number of rotatable bonds is 3. The fraction of sp³-hybridized carbons (Fsp3) is 0.444. The second kappa shape index (κ2) is 6.20. The second-order valence-electron chi connectivity index (χ2n) is 6.72. The third kappa shape index (κ3) is 2.64. The van der Waals surface area contributed by atoms with Crippen molar-refractivity contribution >= 4 is 22.6 Å². The number of carbonyl (C=O) groups is 1. The van der Waals surface area contributed by atoms with Crippen molar-refractivity contribution in [1.29, 1.82) is 5.26 Å². The van der Waals surface area contributed by atoms with Crippen molar-refractivity contribution in [3.05, 3.63) is 30.5 Å². The summed E-state index contributed by atoms with van der Waals surface area (Å²) in [5.41, 5.74) is 2.80. The summed E-state index contributed by atoms with van der Waals surface area (Å²) in [6, 6.07) is 4.06. The Hall–Kier alpha value is -2.88. The Balaban J connectivity index is 1.70. The zero-order chi connectivity index (χ0) is 17.4. The molecule has 3 aromatic rings. The summed E-state index contributed by atoms with van der Waals surface area (Å²) in [6.45, 7) is 3.63. The van der Waals surface area contributed by atoms with Crippen molar-refractivity contribution in [2.45, 2.75) is 32.1 Å². The second-order valence-corrected chi connectivity index (χ2v) is 6.72. The van der Waals surface area contributed by atoms with E-state index in [9.17, 15) is 4.79 Å². The summed E-state index contributed by atoms with van der Waals surface area (Å²) in [6.07, 6.45) is 7.06. The first-order valence-electron chi connectivity index (χ1n) is 8.63. The van der Waals surface area contributed by atoms with Crippen molar-refractivity contribution in [3.63, 3.8) is 0 Å². The monoisotopic (exact) mass is 336 g/mol. The van der Waals surface area contributed by atoms with Gasteiger partial charge in [0.15, 0.2) is 5.65 Å². The smallest absolute Gasteiger partial charge is 0.223 e. The molecule has 1 aliphatic heterocycles. The average Bonchev–Trinajstić information content (AvgIpc) is 3.25. The van der Waals surface area contributed by atoms with E-state index in [0.717, 1.165) is 35.5 Å². The molecule has 1 saturated heterocycles. The number of likely N-dealkylation sites (tertiary alicyclic amines) is 1. The quantitative estimate of drug-likeness (QED) is 0.795. The van der Waals surface area contributed by atoms with Gasteiger partial charge in [-0.15, -0.1) is 0 Å². The van der Waals surface area contributed by atoms with Crippen LogP contribution in [-0.2, 0) is 4.79 Å². The number of amides is 1. The molecule has 3 aromatic heterocycles. The maximum atomic E-state index is 12.3.